The molecule has 0 aliphatic carbocycles. The predicted molar refractivity (Wildman–Crippen MR) is 180 cm³/mol. The molecule has 236 valence electrons. The van der Waals surface area contributed by atoms with Gasteiger partial charge in [-0.1, -0.05) is 42.8 Å². The van der Waals surface area contributed by atoms with E-state index in [4.69, 9.17) is 42.5 Å². The average Bonchev–Trinajstić information content (AvgIpc) is 3.36. The number of pyridine rings is 1. The minimum absolute atomic E-state index is 0.00338. The van der Waals surface area contributed by atoms with Crippen LogP contribution in [0.3, 0.4) is 0 Å². The second-order valence-electron chi connectivity index (χ2n) is 11.1. The first-order valence-electron chi connectivity index (χ1n) is 14.4. The summed E-state index contributed by atoms with van der Waals surface area (Å²) < 4.78 is 27.7. The van der Waals surface area contributed by atoms with Crippen molar-refractivity contribution in [1.82, 2.24) is 14.8 Å². The zero-order valence-electron chi connectivity index (χ0n) is 25.7. The Morgan fingerprint density at radius 1 is 1.30 bits per heavy atom. The van der Waals surface area contributed by atoms with E-state index in [1.54, 1.807) is 51.4 Å². The lowest BCUT2D eigenvalue weighted by Gasteiger charge is -2.26. The molecule has 11 nitrogen and oxygen atoms in total. The lowest BCUT2D eigenvalue weighted by molar-refractivity contribution is 0.154. The van der Waals surface area contributed by atoms with Crippen molar-refractivity contribution < 1.29 is 28.7 Å². The van der Waals surface area contributed by atoms with E-state index in [9.17, 15) is 19.2 Å². The number of nitrogens with two attached hydrogens (primary N) is 1. The standard InChI is InChI=1S/C31H29B3ClFN6O5/c1-16-23-12-21(36)8-9-22(23)26(37)18(13-38-3)10-24-27(42(31(2,32)33)41-28(24)35)19-11-25(47-16)29(39-14-19)40-30(43)46-15-17-4-6-20(7-5-17)34(44)45/h4-9,11-14,16,44-45H,10,15,37H2,1-3H3,(H,39,40,43)/b26-18-,38-13?/t16-/m1/s1. The molecular formula is C31H29B3ClFN6O5. The zero-order valence-corrected chi connectivity index (χ0v) is 26.5. The molecule has 2 bridgehead atoms. The number of halogens is 2. The molecule has 1 amide bonds. The van der Waals surface area contributed by atoms with Gasteiger partial charge in [0.15, 0.2) is 16.7 Å². The lowest BCUT2D eigenvalue weighted by atomic mass is 9.63. The molecule has 16 heteroatoms. The van der Waals surface area contributed by atoms with Crippen molar-refractivity contribution in [2.24, 2.45) is 10.7 Å². The molecule has 1 atom stereocenters. The van der Waals surface area contributed by atoms with Gasteiger partial charge in [0.05, 0.1) is 21.4 Å². The van der Waals surface area contributed by atoms with E-state index >= 15 is 0 Å². The highest BCUT2D eigenvalue weighted by atomic mass is 35.5. The number of nitrogens with one attached hydrogen (secondary N) is 1. The maximum Gasteiger partial charge on any atom is 0.488 e. The first-order chi connectivity index (χ1) is 22.3. The molecule has 0 spiro atoms. The first kappa shape index (κ1) is 33.8. The van der Waals surface area contributed by atoms with Gasteiger partial charge in [-0.2, -0.15) is 5.10 Å². The Balaban J connectivity index is 1.60. The Morgan fingerprint density at radius 2 is 2.02 bits per heavy atom. The molecular weight excluding hydrogens is 623 g/mol. The summed E-state index contributed by atoms with van der Waals surface area (Å²) in [6.45, 7) is 3.14. The topological polar surface area (TPSA) is 157 Å². The number of ether oxygens (including phenoxy) is 2. The van der Waals surface area contributed by atoms with Crippen molar-refractivity contribution in [2.45, 2.75) is 38.3 Å². The van der Waals surface area contributed by atoms with E-state index in [0.29, 0.717) is 50.2 Å². The summed E-state index contributed by atoms with van der Waals surface area (Å²) >= 11 is 6.69. The highest BCUT2D eigenvalue weighted by Crippen LogP contribution is 2.40. The van der Waals surface area contributed by atoms with E-state index in [0.717, 1.165) is 0 Å². The minimum Gasteiger partial charge on any atom is -0.482 e. The maximum absolute atomic E-state index is 14.6. The second kappa shape index (κ2) is 13.6. The van der Waals surface area contributed by atoms with E-state index in [1.165, 1.54) is 35.1 Å². The van der Waals surface area contributed by atoms with Crippen molar-refractivity contribution in [3.8, 4) is 17.0 Å². The molecule has 0 saturated carbocycles. The molecule has 0 unspecified atom stereocenters. The molecule has 4 radical (unpaired) electrons. The van der Waals surface area contributed by atoms with Crippen molar-refractivity contribution >= 4 is 63.7 Å². The van der Waals surface area contributed by atoms with Gasteiger partial charge in [0.25, 0.3) is 0 Å². The van der Waals surface area contributed by atoms with Crippen LogP contribution in [0.2, 0.25) is 5.15 Å². The van der Waals surface area contributed by atoms with Gasteiger partial charge < -0.3 is 25.3 Å². The normalized spacial score (nSPS) is 16.4. The van der Waals surface area contributed by atoms with Crippen LogP contribution in [0.25, 0.3) is 17.0 Å². The summed E-state index contributed by atoms with van der Waals surface area (Å²) in [5.74, 6) is -0.395. The molecule has 2 aromatic carbocycles. The van der Waals surface area contributed by atoms with E-state index in [1.807, 2.05) is 0 Å². The van der Waals surface area contributed by atoms with Gasteiger partial charge in [0, 0.05) is 53.8 Å². The molecule has 1 aliphatic heterocycles. The van der Waals surface area contributed by atoms with Gasteiger partial charge in [-0.3, -0.25) is 15.0 Å². The Bertz CT molecular complexity index is 1880. The number of aromatic nitrogens is 3. The van der Waals surface area contributed by atoms with Gasteiger partial charge in [-0.25, -0.2) is 14.2 Å². The van der Waals surface area contributed by atoms with Crippen LogP contribution >= 0.6 is 11.6 Å². The smallest absolute Gasteiger partial charge is 0.482 e. The fraction of sp³-hybridized carbons (Fsp3) is 0.226. The van der Waals surface area contributed by atoms with Crippen LogP contribution in [0.1, 0.15) is 42.2 Å². The third-order valence-corrected chi connectivity index (χ3v) is 7.73. The summed E-state index contributed by atoms with van der Waals surface area (Å²) in [7, 11) is 12.6. The van der Waals surface area contributed by atoms with Gasteiger partial charge in [-0.15, -0.1) is 0 Å². The number of carbonyl (C=O) groups is 1. The SMILES string of the molecule is [B]C([B])(C)n1nc(Cl)c2c1-c1cnc(NC(=O)OCc3ccc(B(O)O)cc3)c(c1)O[C@H](C)c1cc(F)ccc1/C(N)=C(/C=NC)C2. The van der Waals surface area contributed by atoms with Crippen LogP contribution in [0.15, 0.2) is 65.3 Å². The Kier molecular flexibility index (Phi) is 9.80. The number of rotatable bonds is 6. The Morgan fingerprint density at radius 3 is 2.68 bits per heavy atom. The molecule has 47 heavy (non-hydrogen) atoms. The molecule has 0 saturated heterocycles. The van der Waals surface area contributed by atoms with E-state index < -0.39 is 30.5 Å². The van der Waals surface area contributed by atoms with E-state index in [-0.39, 0.29) is 29.7 Å². The fourth-order valence-electron chi connectivity index (χ4n) is 5.15. The van der Waals surface area contributed by atoms with Crippen LogP contribution in [0.4, 0.5) is 15.0 Å². The van der Waals surface area contributed by atoms with Crippen molar-refractivity contribution in [2.75, 3.05) is 12.4 Å². The lowest BCUT2D eigenvalue weighted by Crippen LogP contribution is -2.32. The van der Waals surface area contributed by atoms with Crippen LogP contribution in [-0.2, 0) is 23.1 Å². The monoisotopic (exact) mass is 652 g/mol. The number of allylic oxidation sites excluding steroid dienone is 1. The number of hydrogen-bond donors (Lipinski definition) is 4. The van der Waals surface area contributed by atoms with Crippen molar-refractivity contribution in [3.05, 3.63) is 93.5 Å². The summed E-state index contributed by atoms with van der Waals surface area (Å²) in [5, 5.41) is 24.2. The molecule has 1 aliphatic rings. The van der Waals surface area contributed by atoms with Gasteiger partial charge in [0.1, 0.15) is 18.5 Å². The quantitative estimate of drug-likeness (QED) is 0.183. The number of hydrogen-bond acceptors (Lipinski definition) is 9. The van der Waals surface area contributed by atoms with Crippen LogP contribution < -0.4 is 21.3 Å². The maximum atomic E-state index is 14.6. The third kappa shape index (κ3) is 7.37. The number of anilines is 1. The first-order valence-corrected chi connectivity index (χ1v) is 14.8. The minimum atomic E-state index is -1.62. The largest absolute Gasteiger partial charge is 0.488 e. The molecule has 5 N–H and O–H groups in total. The van der Waals surface area contributed by atoms with Gasteiger partial charge in [-0.05, 0) is 53.1 Å². The summed E-state index contributed by atoms with van der Waals surface area (Å²) in [6, 6.07) is 12.0. The number of benzene rings is 2. The average molecular weight is 652 g/mol. The van der Waals surface area contributed by atoms with Crippen LogP contribution in [0, 0.1) is 5.82 Å². The molecule has 5 rings (SSSR count). The number of nitrogens with zero attached hydrogens (tertiary/aromatic N) is 4. The molecule has 3 heterocycles. The highest BCUT2D eigenvalue weighted by Gasteiger charge is 2.29. The highest BCUT2D eigenvalue weighted by molar-refractivity contribution is 6.58. The fourth-order valence-corrected chi connectivity index (χ4v) is 5.38. The predicted octanol–water partition coefficient (Wildman–Crippen LogP) is 3.20. The number of amides is 1. The molecule has 2 aromatic heterocycles. The number of fused-ring (bicyclic) bond motifs is 5. The summed E-state index contributed by atoms with van der Waals surface area (Å²) in [6.07, 6.45) is 1.57. The number of carbonyl (C=O) groups excluding carboxylic acids is 1. The van der Waals surface area contributed by atoms with Gasteiger partial charge in [0.2, 0.25) is 0 Å². The number of aliphatic imine (C=N–C) groups is 1. The second-order valence-corrected chi connectivity index (χ2v) is 11.5. The van der Waals surface area contributed by atoms with Gasteiger partial charge >= 0.3 is 13.2 Å². The van der Waals surface area contributed by atoms with Crippen molar-refractivity contribution in [3.63, 3.8) is 0 Å². The zero-order chi connectivity index (χ0) is 34.0. The van der Waals surface area contributed by atoms with Crippen LogP contribution in [-0.4, -0.2) is 67.0 Å². The third-order valence-electron chi connectivity index (χ3n) is 7.43. The molecule has 4 aromatic rings. The molecule has 0 fully saturated rings. The van der Waals surface area contributed by atoms with Crippen molar-refractivity contribution in [1.29, 1.82) is 0 Å². The Labute approximate surface area is 278 Å². The van der Waals surface area contributed by atoms with E-state index in [2.05, 4.69) is 20.4 Å². The van der Waals surface area contributed by atoms with Crippen LogP contribution in [0.5, 0.6) is 5.75 Å². The summed E-state index contributed by atoms with van der Waals surface area (Å²) in [5.41, 5.74) is 10.8. The Hall–Kier alpha value is -4.59. The summed E-state index contributed by atoms with van der Waals surface area (Å²) in [4.78, 5) is 21.6.